The van der Waals surface area contributed by atoms with E-state index >= 15 is 0 Å². The maximum absolute atomic E-state index is 11.4. The van der Waals surface area contributed by atoms with E-state index in [1.165, 1.54) is 4.88 Å². The largest absolute Gasteiger partial charge is 0.377 e. The van der Waals surface area contributed by atoms with Gasteiger partial charge in [-0.25, -0.2) is 0 Å². The minimum atomic E-state index is 0.0582. The normalized spacial score (nSPS) is 12.0. The molecular weight excluding hydrogens is 304 g/mol. The second-order valence-electron chi connectivity index (χ2n) is 5.04. The average Bonchev–Trinajstić information content (AvgIpc) is 2.87. The molecule has 112 valence electrons. The fourth-order valence-electron chi connectivity index (χ4n) is 2.03. The van der Waals surface area contributed by atoms with Gasteiger partial charge < -0.3 is 10.2 Å². The molecule has 5 heteroatoms. The smallest absolute Gasteiger partial charge is 0.219 e. The van der Waals surface area contributed by atoms with Crippen LogP contribution in [0.4, 0.5) is 5.69 Å². The van der Waals surface area contributed by atoms with Crippen molar-refractivity contribution in [3.63, 3.8) is 0 Å². The van der Waals surface area contributed by atoms with E-state index in [2.05, 4.69) is 12.2 Å². The van der Waals surface area contributed by atoms with Crippen molar-refractivity contribution in [2.24, 2.45) is 0 Å². The van der Waals surface area contributed by atoms with Crippen molar-refractivity contribution in [1.29, 1.82) is 0 Å². The number of anilines is 1. The van der Waals surface area contributed by atoms with E-state index in [1.54, 1.807) is 23.2 Å². The van der Waals surface area contributed by atoms with Gasteiger partial charge in [0, 0.05) is 31.1 Å². The minimum Gasteiger partial charge on any atom is -0.377 e. The van der Waals surface area contributed by atoms with Crippen LogP contribution in [0.3, 0.4) is 0 Å². The molecule has 0 fully saturated rings. The molecule has 2 rings (SSSR count). The van der Waals surface area contributed by atoms with E-state index in [9.17, 15) is 4.79 Å². The fraction of sp³-hybridized carbons (Fsp3) is 0.312. The van der Waals surface area contributed by atoms with Crippen molar-refractivity contribution in [2.75, 3.05) is 12.4 Å². The topological polar surface area (TPSA) is 32.3 Å². The van der Waals surface area contributed by atoms with Gasteiger partial charge in [-0.2, -0.15) is 0 Å². The molecular formula is C16H19ClN2OS. The van der Waals surface area contributed by atoms with E-state index in [0.29, 0.717) is 6.54 Å². The van der Waals surface area contributed by atoms with Gasteiger partial charge in [0.05, 0.1) is 10.4 Å². The zero-order chi connectivity index (χ0) is 15.4. The van der Waals surface area contributed by atoms with E-state index < -0.39 is 0 Å². The van der Waals surface area contributed by atoms with Crippen LogP contribution >= 0.6 is 22.9 Å². The number of hydrogen-bond donors (Lipinski definition) is 1. The van der Waals surface area contributed by atoms with Crippen molar-refractivity contribution >= 4 is 34.5 Å². The Kier molecular flexibility index (Phi) is 5.26. The molecule has 1 aromatic carbocycles. The third kappa shape index (κ3) is 4.22. The lowest BCUT2D eigenvalue weighted by Crippen LogP contribution is -2.23. The lowest BCUT2D eigenvalue weighted by molar-refractivity contribution is -0.128. The van der Waals surface area contributed by atoms with Crippen molar-refractivity contribution in [2.45, 2.75) is 26.4 Å². The Bertz CT molecular complexity index is 626. The lowest BCUT2D eigenvalue weighted by atomic mass is 10.1. The number of carbonyl (C=O) groups excluding carboxylic acids is 1. The van der Waals surface area contributed by atoms with Crippen LogP contribution in [0.1, 0.15) is 30.3 Å². The van der Waals surface area contributed by atoms with Crippen molar-refractivity contribution < 1.29 is 4.79 Å². The summed E-state index contributed by atoms with van der Waals surface area (Å²) in [5, 5.41) is 3.50. The monoisotopic (exact) mass is 322 g/mol. The lowest BCUT2D eigenvalue weighted by Gasteiger charge is -2.20. The predicted octanol–water partition coefficient (Wildman–Crippen LogP) is 4.55. The van der Waals surface area contributed by atoms with Crippen LogP contribution in [0.25, 0.3) is 0 Å². The zero-order valence-electron chi connectivity index (χ0n) is 12.4. The summed E-state index contributed by atoms with van der Waals surface area (Å²) >= 11 is 7.57. The summed E-state index contributed by atoms with van der Waals surface area (Å²) in [6, 6.07) is 12.2. The Morgan fingerprint density at radius 1 is 1.33 bits per heavy atom. The number of halogens is 1. The molecule has 1 aromatic heterocycles. The number of rotatable bonds is 5. The number of hydrogen-bond acceptors (Lipinski definition) is 3. The van der Waals surface area contributed by atoms with Crippen LogP contribution in [0, 0.1) is 0 Å². The Morgan fingerprint density at radius 3 is 2.67 bits per heavy atom. The minimum absolute atomic E-state index is 0.0582. The summed E-state index contributed by atoms with van der Waals surface area (Å²) < 4.78 is 0.795. The number of thiophene rings is 1. The summed E-state index contributed by atoms with van der Waals surface area (Å²) in [7, 11) is 1.81. The van der Waals surface area contributed by atoms with E-state index in [1.807, 2.05) is 43.4 Å². The molecule has 0 spiro atoms. The van der Waals surface area contributed by atoms with Gasteiger partial charge >= 0.3 is 0 Å². The molecule has 0 saturated carbocycles. The number of nitrogens with one attached hydrogen (secondary N) is 1. The van der Waals surface area contributed by atoms with Crippen LogP contribution in [-0.4, -0.2) is 17.9 Å². The maximum atomic E-state index is 11.4. The molecule has 0 bridgehead atoms. The van der Waals surface area contributed by atoms with Crippen molar-refractivity contribution in [3.05, 3.63) is 51.2 Å². The van der Waals surface area contributed by atoms with Gasteiger partial charge in [0.25, 0.3) is 0 Å². The van der Waals surface area contributed by atoms with Crippen LogP contribution in [0.5, 0.6) is 0 Å². The Balaban J connectivity index is 2.14. The Labute approximate surface area is 134 Å². The highest BCUT2D eigenvalue weighted by Gasteiger charge is 2.12. The zero-order valence-corrected chi connectivity index (χ0v) is 14.0. The number of benzene rings is 1. The third-order valence-corrected chi connectivity index (χ3v) is 4.77. The highest BCUT2D eigenvalue weighted by atomic mass is 35.5. The van der Waals surface area contributed by atoms with Gasteiger partial charge in [-0.15, -0.1) is 11.3 Å². The Morgan fingerprint density at radius 2 is 2.05 bits per heavy atom. The summed E-state index contributed by atoms with van der Waals surface area (Å²) in [6.45, 7) is 4.27. The van der Waals surface area contributed by atoms with Crippen LogP contribution in [-0.2, 0) is 11.3 Å². The van der Waals surface area contributed by atoms with Crippen molar-refractivity contribution in [3.8, 4) is 0 Å². The molecule has 1 amide bonds. The van der Waals surface area contributed by atoms with E-state index in [-0.39, 0.29) is 11.9 Å². The first-order valence-corrected chi connectivity index (χ1v) is 7.98. The van der Waals surface area contributed by atoms with Gasteiger partial charge in [-0.1, -0.05) is 29.8 Å². The first kappa shape index (κ1) is 15.9. The molecule has 2 aromatic rings. The number of para-hydroxylation sites is 1. The highest BCUT2D eigenvalue weighted by molar-refractivity contribution is 7.16. The molecule has 0 aliphatic heterocycles. The van der Waals surface area contributed by atoms with Gasteiger partial charge in [0.15, 0.2) is 0 Å². The molecule has 0 saturated heterocycles. The molecule has 1 N–H and O–H groups in total. The Hall–Kier alpha value is -1.52. The number of carbonyl (C=O) groups is 1. The molecule has 21 heavy (non-hydrogen) atoms. The van der Waals surface area contributed by atoms with Crippen LogP contribution in [0.15, 0.2) is 36.4 Å². The summed E-state index contributed by atoms with van der Waals surface area (Å²) in [5.41, 5.74) is 2.15. The first-order chi connectivity index (χ1) is 9.97. The number of nitrogens with zero attached hydrogens (tertiary/aromatic N) is 1. The molecule has 3 nitrogen and oxygen atoms in total. The van der Waals surface area contributed by atoms with Gasteiger partial charge in [-0.05, 0) is 30.7 Å². The molecule has 1 unspecified atom stereocenters. The maximum Gasteiger partial charge on any atom is 0.219 e. The van der Waals surface area contributed by atoms with E-state index in [0.717, 1.165) is 15.6 Å². The SMILES string of the molecule is CC(=O)N(C)Cc1ccccc1NC(C)c1ccc(Cl)s1. The summed E-state index contributed by atoms with van der Waals surface area (Å²) in [6.07, 6.45) is 0. The third-order valence-electron chi connectivity index (χ3n) is 3.36. The standard InChI is InChI=1S/C16H19ClN2OS/c1-11(15-8-9-16(17)21-15)18-14-7-5-4-6-13(14)10-19(3)12(2)20/h4-9,11,18H,10H2,1-3H3. The molecule has 0 aliphatic carbocycles. The summed E-state index contributed by atoms with van der Waals surface area (Å²) in [5.74, 6) is 0.0582. The fourth-order valence-corrected chi connectivity index (χ4v) is 3.09. The number of amides is 1. The van der Waals surface area contributed by atoms with E-state index in [4.69, 9.17) is 11.6 Å². The second-order valence-corrected chi connectivity index (χ2v) is 6.79. The molecule has 1 heterocycles. The molecule has 1 atom stereocenters. The molecule has 0 aliphatic rings. The van der Waals surface area contributed by atoms with Gasteiger partial charge in [-0.3, -0.25) is 4.79 Å². The second kappa shape index (κ2) is 6.96. The summed E-state index contributed by atoms with van der Waals surface area (Å²) in [4.78, 5) is 14.3. The van der Waals surface area contributed by atoms with Gasteiger partial charge in [0.2, 0.25) is 5.91 Å². The first-order valence-electron chi connectivity index (χ1n) is 6.78. The van der Waals surface area contributed by atoms with Gasteiger partial charge in [0.1, 0.15) is 0 Å². The highest BCUT2D eigenvalue weighted by Crippen LogP contribution is 2.30. The van der Waals surface area contributed by atoms with Crippen molar-refractivity contribution in [1.82, 2.24) is 4.90 Å². The quantitative estimate of drug-likeness (QED) is 0.875. The van der Waals surface area contributed by atoms with Crippen LogP contribution in [0.2, 0.25) is 4.34 Å². The predicted molar refractivity (Wildman–Crippen MR) is 90.0 cm³/mol. The molecule has 0 radical (unpaired) electrons. The average molecular weight is 323 g/mol. The van der Waals surface area contributed by atoms with Crippen LogP contribution < -0.4 is 5.32 Å².